The van der Waals surface area contributed by atoms with Crippen molar-refractivity contribution < 1.29 is 9.15 Å². The lowest BCUT2D eigenvalue weighted by Crippen LogP contribution is -2.35. The molecule has 0 amide bonds. The van der Waals surface area contributed by atoms with Crippen LogP contribution in [0.4, 0.5) is 0 Å². The average Bonchev–Trinajstić information content (AvgIpc) is 2.71. The molecule has 0 bridgehead atoms. The quantitative estimate of drug-likeness (QED) is 0.821. The number of morpholine rings is 1. The summed E-state index contributed by atoms with van der Waals surface area (Å²) in [6.45, 7) is 4.41. The molecule has 2 heterocycles. The Bertz CT molecular complexity index is 517. The van der Waals surface area contributed by atoms with E-state index in [1.54, 1.807) is 0 Å². The zero-order valence-electron chi connectivity index (χ0n) is 9.49. The standard InChI is InChI=1S/C13H14ClNO2/c14-11-1-2-13-10(7-11)8-12(17-13)9-15-3-5-16-6-4-15/h1-2,7-8H,3-6,9H2. The van der Waals surface area contributed by atoms with Crippen molar-refractivity contribution in [2.24, 2.45) is 0 Å². The highest BCUT2D eigenvalue weighted by Crippen LogP contribution is 2.23. The molecule has 1 aromatic heterocycles. The van der Waals surface area contributed by atoms with E-state index in [0.717, 1.165) is 54.6 Å². The fraction of sp³-hybridized carbons (Fsp3) is 0.385. The molecule has 3 nitrogen and oxygen atoms in total. The van der Waals surface area contributed by atoms with Crippen molar-refractivity contribution in [2.75, 3.05) is 26.3 Å². The summed E-state index contributed by atoms with van der Waals surface area (Å²) in [5.41, 5.74) is 0.901. The first-order valence-electron chi connectivity index (χ1n) is 5.79. The smallest absolute Gasteiger partial charge is 0.134 e. The molecule has 1 aliphatic rings. The molecule has 0 spiro atoms. The lowest BCUT2D eigenvalue weighted by molar-refractivity contribution is 0.0315. The number of nitrogens with zero attached hydrogens (tertiary/aromatic N) is 1. The van der Waals surface area contributed by atoms with Crippen LogP contribution in [0.15, 0.2) is 28.7 Å². The van der Waals surface area contributed by atoms with Gasteiger partial charge >= 0.3 is 0 Å². The van der Waals surface area contributed by atoms with Crippen LogP contribution in [-0.4, -0.2) is 31.2 Å². The molecule has 2 aromatic rings. The molecule has 17 heavy (non-hydrogen) atoms. The van der Waals surface area contributed by atoms with Gasteiger partial charge in [-0.2, -0.15) is 0 Å². The number of hydrogen-bond donors (Lipinski definition) is 0. The largest absolute Gasteiger partial charge is 0.460 e. The second-order valence-electron chi connectivity index (χ2n) is 4.28. The van der Waals surface area contributed by atoms with Crippen molar-refractivity contribution >= 4 is 22.6 Å². The van der Waals surface area contributed by atoms with Crippen molar-refractivity contribution in [3.63, 3.8) is 0 Å². The maximum absolute atomic E-state index is 5.95. The first-order chi connectivity index (χ1) is 8.31. The van der Waals surface area contributed by atoms with E-state index < -0.39 is 0 Å². The first kappa shape index (κ1) is 11.1. The fourth-order valence-electron chi connectivity index (χ4n) is 2.13. The summed E-state index contributed by atoms with van der Waals surface area (Å²) in [5.74, 6) is 0.990. The minimum absolute atomic E-state index is 0.747. The number of rotatable bonds is 2. The molecule has 0 saturated carbocycles. The monoisotopic (exact) mass is 251 g/mol. The summed E-state index contributed by atoms with van der Waals surface area (Å²) in [7, 11) is 0. The van der Waals surface area contributed by atoms with Crippen LogP contribution in [0.25, 0.3) is 11.0 Å². The van der Waals surface area contributed by atoms with Crippen LogP contribution < -0.4 is 0 Å². The SMILES string of the molecule is Clc1ccc2oc(CN3CCOCC3)cc2c1. The van der Waals surface area contributed by atoms with Crippen LogP contribution >= 0.6 is 11.6 Å². The number of ether oxygens (including phenoxy) is 1. The average molecular weight is 252 g/mol. The van der Waals surface area contributed by atoms with Gasteiger partial charge in [-0.25, -0.2) is 0 Å². The minimum Gasteiger partial charge on any atom is -0.460 e. The van der Waals surface area contributed by atoms with E-state index in [9.17, 15) is 0 Å². The van der Waals surface area contributed by atoms with Crippen molar-refractivity contribution in [3.05, 3.63) is 35.0 Å². The molecule has 0 unspecified atom stereocenters. The predicted molar refractivity (Wildman–Crippen MR) is 67.3 cm³/mol. The van der Waals surface area contributed by atoms with Crippen molar-refractivity contribution in [2.45, 2.75) is 6.54 Å². The van der Waals surface area contributed by atoms with Gasteiger partial charge in [0, 0.05) is 23.5 Å². The Hall–Kier alpha value is -1.03. The Balaban J connectivity index is 1.80. The molecule has 1 aromatic carbocycles. The lowest BCUT2D eigenvalue weighted by Gasteiger charge is -2.25. The molecular weight excluding hydrogens is 238 g/mol. The second kappa shape index (κ2) is 4.69. The van der Waals surface area contributed by atoms with Gasteiger partial charge in [0.2, 0.25) is 0 Å². The van der Waals surface area contributed by atoms with E-state index in [-0.39, 0.29) is 0 Å². The van der Waals surface area contributed by atoms with Crippen molar-refractivity contribution in [1.82, 2.24) is 4.90 Å². The van der Waals surface area contributed by atoms with Crippen molar-refractivity contribution in [1.29, 1.82) is 0 Å². The molecule has 90 valence electrons. The summed E-state index contributed by atoms with van der Waals surface area (Å²) < 4.78 is 11.1. The van der Waals surface area contributed by atoms with Gasteiger partial charge in [0.25, 0.3) is 0 Å². The van der Waals surface area contributed by atoms with Gasteiger partial charge in [0.1, 0.15) is 11.3 Å². The van der Waals surface area contributed by atoms with Gasteiger partial charge in [-0.05, 0) is 24.3 Å². The molecule has 1 saturated heterocycles. The Labute approximate surface area is 105 Å². The van der Waals surface area contributed by atoms with E-state index in [1.165, 1.54) is 0 Å². The van der Waals surface area contributed by atoms with E-state index >= 15 is 0 Å². The van der Waals surface area contributed by atoms with Crippen LogP contribution in [0.2, 0.25) is 5.02 Å². The van der Waals surface area contributed by atoms with E-state index in [4.69, 9.17) is 20.8 Å². The molecule has 0 aliphatic carbocycles. The zero-order chi connectivity index (χ0) is 11.7. The Morgan fingerprint density at radius 2 is 2.00 bits per heavy atom. The van der Waals surface area contributed by atoms with Gasteiger partial charge in [0.05, 0.1) is 19.8 Å². The molecule has 1 aliphatic heterocycles. The summed E-state index contributed by atoms with van der Waals surface area (Å²) >= 11 is 5.95. The minimum atomic E-state index is 0.747. The van der Waals surface area contributed by atoms with E-state index in [2.05, 4.69) is 11.0 Å². The maximum Gasteiger partial charge on any atom is 0.134 e. The number of benzene rings is 1. The Morgan fingerprint density at radius 1 is 1.18 bits per heavy atom. The zero-order valence-corrected chi connectivity index (χ0v) is 10.2. The number of fused-ring (bicyclic) bond motifs is 1. The third kappa shape index (κ3) is 2.46. The predicted octanol–water partition coefficient (Wildman–Crippen LogP) is 2.92. The van der Waals surface area contributed by atoms with Crippen molar-refractivity contribution in [3.8, 4) is 0 Å². The molecule has 4 heteroatoms. The molecule has 0 radical (unpaired) electrons. The molecule has 1 fully saturated rings. The van der Waals surface area contributed by atoms with Gasteiger partial charge in [-0.15, -0.1) is 0 Å². The summed E-state index contributed by atoms with van der Waals surface area (Å²) in [6, 6.07) is 7.77. The third-order valence-corrected chi connectivity index (χ3v) is 3.25. The highest BCUT2D eigenvalue weighted by atomic mass is 35.5. The van der Waals surface area contributed by atoms with Crippen LogP contribution in [0, 0.1) is 0 Å². The first-order valence-corrected chi connectivity index (χ1v) is 6.17. The topological polar surface area (TPSA) is 25.6 Å². The summed E-state index contributed by atoms with van der Waals surface area (Å²) in [5, 5.41) is 1.82. The third-order valence-electron chi connectivity index (χ3n) is 3.01. The molecule has 0 N–H and O–H groups in total. The maximum atomic E-state index is 5.95. The Morgan fingerprint density at radius 3 is 2.82 bits per heavy atom. The van der Waals surface area contributed by atoms with Crippen LogP contribution in [0.3, 0.4) is 0 Å². The number of furan rings is 1. The lowest BCUT2D eigenvalue weighted by atomic mass is 10.2. The summed E-state index contributed by atoms with van der Waals surface area (Å²) in [6.07, 6.45) is 0. The highest BCUT2D eigenvalue weighted by Gasteiger charge is 2.13. The molecule has 0 atom stereocenters. The van der Waals surface area contributed by atoms with Crippen LogP contribution in [0.1, 0.15) is 5.76 Å². The van der Waals surface area contributed by atoms with Gasteiger partial charge < -0.3 is 9.15 Å². The normalized spacial score (nSPS) is 17.7. The van der Waals surface area contributed by atoms with Gasteiger partial charge in [-0.1, -0.05) is 11.6 Å². The second-order valence-corrected chi connectivity index (χ2v) is 4.72. The highest BCUT2D eigenvalue weighted by molar-refractivity contribution is 6.31. The number of halogens is 1. The fourth-order valence-corrected chi connectivity index (χ4v) is 2.31. The molecular formula is C13H14ClNO2. The van der Waals surface area contributed by atoms with E-state index in [1.807, 2.05) is 18.2 Å². The van der Waals surface area contributed by atoms with Crippen LogP contribution in [0.5, 0.6) is 0 Å². The van der Waals surface area contributed by atoms with Gasteiger partial charge in [0.15, 0.2) is 0 Å². The summed E-state index contributed by atoms with van der Waals surface area (Å²) in [4.78, 5) is 2.34. The van der Waals surface area contributed by atoms with E-state index in [0.29, 0.717) is 0 Å². The van der Waals surface area contributed by atoms with Gasteiger partial charge in [-0.3, -0.25) is 4.90 Å². The van der Waals surface area contributed by atoms with Crippen LogP contribution in [-0.2, 0) is 11.3 Å². The molecule has 3 rings (SSSR count). The Kier molecular flexibility index (Phi) is 3.05. The number of hydrogen-bond acceptors (Lipinski definition) is 3.